The molecule has 2 N–H and O–H groups in total. The van der Waals surface area contributed by atoms with Gasteiger partial charge in [-0.1, -0.05) is 0 Å². The van der Waals surface area contributed by atoms with Crippen LogP contribution in [0.4, 0.5) is 5.82 Å². The van der Waals surface area contributed by atoms with E-state index >= 15 is 0 Å². The van der Waals surface area contributed by atoms with E-state index in [0.29, 0.717) is 46.9 Å². The Kier molecular flexibility index (Phi) is 6.29. The van der Waals surface area contributed by atoms with Gasteiger partial charge in [-0.3, -0.25) is 0 Å². The fraction of sp³-hybridized carbons (Fsp3) is 0.500. The predicted octanol–water partition coefficient (Wildman–Crippen LogP) is 4.96. The minimum Gasteiger partial charge on any atom is -0.507 e. The molecule has 1 saturated heterocycles. The highest BCUT2D eigenvalue weighted by Gasteiger charge is 2.39. The lowest BCUT2D eigenvalue weighted by atomic mass is 9.79. The van der Waals surface area contributed by atoms with E-state index in [9.17, 15) is 5.11 Å². The molecule has 4 rings (SSSR count). The zero-order valence-corrected chi connectivity index (χ0v) is 21.1. The topological polar surface area (TPSA) is 96.5 Å². The van der Waals surface area contributed by atoms with E-state index in [0.717, 1.165) is 18.7 Å². The first-order valence-corrected chi connectivity index (χ1v) is 11.8. The molecule has 0 radical (unpaired) electrons. The molecule has 2 aromatic heterocycles. The number of aromatic hydroxyl groups is 1. The first kappa shape index (κ1) is 24.0. The number of anilines is 1. The lowest BCUT2D eigenvalue weighted by Crippen LogP contribution is -2.62. The number of hydrogen-bond donors (Lipinski definition) is 2. The maximum absolute atomic E-state index is 10.9. The number of hydrogen-bond acceptors (Lipinski definition) is 8. The second-order valence-corrected chi connectivity index (χ2v) is 10.4. The van der Waals surface area contributed by atoms with Crippen LogP contribution in [-0.4, -0.2) is 51.1 Å². The fourth-order valence-corrected chi connectivity index (χ4v) is 5.12. The van der Waals surface area contributed by atoms with Crippen molar-refractivity contribution in [1.29, 1.82) is 0 Å². The molecule has 1 aliphatic rings. The lowest BCUT2D eigenvalue weighted by Gasteiger charge is -2.49. The van der Waals surface area contributed by atoms with Crippen LogP contribution in [0.5, 0.6) is 11.5 Å². The van der Waals surface area contributed by atoms with Crippen molar-refractivity contribution in [2.45, 2.75) is 71.5 Å². The summed E-state index contributed by atoms with van der Waals surface area (Å²) in [5, 5.41) is 23.6. The van der Waals surface area contributed by atoms with E-state index in [1.165, 1.54) is 0 Å². The van der Waals surface area contributed by atoms with E-state index in [1.807, 2.05) is 32.0 Å². The van der Waals surface area contributed by atoms with E-state index < -0.39 is 0 Å². The minimum absolute atomic E-state index is 0.0362. The van der Waals surface area contributed by atoms with Gasteiger partial charge >= 0.3 is 0 Å². The molecule has 0 atom stereocenters. The third kappa shape index (κ3) is 5.01. The summed E-state index contributed by atoms with van der Waals surface area (Å²) in [6.07, 6.45) is 3.66. The summed E-state index contributed by atoms with van der Waals surface area (Å²) in [7, 11) is 2.07. The Hall–Kier alpha value is -3.13. The number of phenols is 1. The Labute approximate surface area is 201 Å². The Morgan fingerprint density at radius 3 is 2.41 bits per heavy atom. The Morgan fingerprint density at radius 1 is 1.15 bits per heavy atom. The highest BCUT2D eigenvalue weighted by Crippen LogP contribution is 2.41. The standard InChI is InChI=1S/C26H35N5O3/c1-8-33-21-12-17(24-27-15-16(2)34-24)11-20(32)23(21)19-9-10-22(29-28-19)31(7)18-13-25(3,4)30-26(5,6)14-18/h9-12,15,18,30,32H,8,13-14H2,1-7H3. The molecule has 1 aliphatic heterocycles. The monoisotopic (exact) mass is 465 g/mol. The molecule has 1 aromatic carbocycles. The number of benzene rings is 1. The van der Waals surface area contributed by atoms with Gasteiger partial charge in [0.05, 0.1) is 18.4 Å². The summed E-state index contributed by atoms with van der Waals surface area (Å²) in [5.41, 5.74) is 1.75. The molecule has 0 aliphatic carbocycles. The van der Waals surface area contributed by atoms with Crippen LogP contribution in [0.25, 0.3) is 22.7 Å². The van der Waals surface area contributed by atoms with E-state index in [-0.39, 0.29) is 16.8 Å². The molecule has 3 heterocycles. The average Bonchev–Trinajstić information content (AvgIpc) is 3.18. The van der Waals surface area contributed by atoms with Crippen molar-refractivity contribution in [3.63, 3.8) is 0 Å². The second kappa shape index (κ2) is 8.91. The van der Waals surface area contributed by atoms with Gasteiger partial charge in [-0.25, -0.2) is 4.98 Å². The summed E-state index contributed by atoms with van der Waals surface area (Å²) in [5.74, 6) is 2.46. The maximum atomic E-state index is 10.9. The summed E-state index contributed by atoms with van der Waals surface area (Å²) >= 11 is 0. The smallest absolute Gasteiger partial charge is 0.226 e. The molecule has 182 valence electrons. The van der Waals surface area contributed by atoms with Crippen LogP contribution in [0.15, 0.2) is 34.9 Å². The van der Waals surface area contributed by atoms with Crippen LogP contribution in [0, 0.1) is 6.92 Å². The molecule has 0 spiro atoms. The first-order valence-electron chi connectivity index (χ1n) is 11.8. The normalized spacial score (nSPS) is 17.5. The van der Waals surface area contributed by atoms with Gasteiger partial charge in [0.25, 0.3) is 0 Å². The number of oxazole rings is 1. The molecule has 0 amide bonds. The van der Waals surface area contributed by atoms with Crippen molar-refractivity contribution < 1.29 is 14.3 Å². The van der Waals surface area contributed by atoms with Crippen LogP contribution in [0.2, 0.25) is 0 Å². The number of ether oxygens (including phenoxy) is 1. The fourth-order valence-electron chi connectivity index (χ4n) is 5.12. The molecular weight excluding hydrogens is 430 g/mol. The SMILES string of the molecule is CCOc1cc(-c2ncc(C)o2)cc(O)c1-c1ccc(N(C)C2CC(C)(C)NC(C)(C)C2)nn1. The van der Waals surface area contributed by atoms with Gasteiger partial charge < -0.3 is 24.5 Å². The van der Waals surface area contributed by atoms with Crippen molar-refractivity contribution in [3.8, 4) is 34.2 Å². The average molecular weight is 466 g/mol. The Bertz CT molecular complexity index is 1140. The first-order chi connectivity index (χ1) is 16.0. The molecule has 0 unspecified atom stereocenters. The number of nitrogens with zero attached hydrogens (tertiary/aromatic N) is 4. The van der Waals surface area contributed by atoms with Crippen molar-refractivity contribution >= 4 is 5.82 Å². The minimum atomic E-state index is 0.0362. The van der Waals surface area contributed by atoms with Gasteiger partial charge in [0, 0.05) is 29.7 Å². The molecule has 8 nitrogen and oxygen atoms in total. The van der Waals surface area contributed by atoms with Gasteiger partial charge in [0.1, 0.15) is 23.0 Å². The van der Waals surface area contributed by atoms with Crippen LogP contribution in [-0.2, 0) is 0 Å². The third-order valence-corrected chi connectivity index (χ3v) is 6.23. The molecule has 0 bridgehead atoms. The van der Waals surface area contributed by atoms with Crippen LogP contribution < -0.4 is 15.0 Å². The molecule has 0 saturated carbocycles. The van der Waals surface area contributed by atoms with Gasteiger partial charge in [-0.15, -0.1) is 10.2 Å². The van der Waals surface area contributed by atoms with Gasteiger partial charge in [0.2, 0.25) is 5.89 Å². The lowest BCUT2D eigenvalue weighted by molar-refractivity contribution is 0.160. The molecular formula is C26H35N5O3. The van der Waals surface area contributed by atoms with Crippen molar-refractivity contribution in [3.05, 3.63) is 36.2 Å². The third-order valence-electron chi connectivity index (χ3n) is 6.23. The van der Waals surface area contributed by atoms with Gasteiger partial charge in [-0.2, -0.15) is 0 Å². The summed E-state index contributed by atoms with van der Waals surface area (Å²) < 4.78 is 11.5. The number of phenolic OH excluding ortho intramolecular Hbond substituents is 1. The Balaban J connectivity index is 1.63. The van der Waals surface area contributed by atoms with Crippen molar-refractivity contribution in [2.75, 3.05) is 18.6 Å². The van der Waals surface area contributed by atoms with E-state index in [1.54, 1.807) is 12.3 Å². The predicted molar refractivity (Wildman–Crippen MR) is 133 cm³/mol. The van der Waals surface area contributed by atoms with E-state index in [2.05, 4.69) is 60.1 Å². The van der Waals surface area contributed by atoms with E-state index in [4.69, 9.17) is 9.15 Å². The molecule has 1 fully saturated rings. The summed E-state index contributed by atoms with van der Waals surface area (Å²) in [6, 6.07) is 7.59. The highest BCUT2D eigenvalue weighted by molar-refractivity contribution is 5.78. The molecule has 34 heavy (non-hydrogen) atoms. The number of aryl methyl sites for hydroxylation is 1. The summed E-state index contributed by atoms with van der Waals surface area (Å²) in [4.78, 5) is 6.46. The van der Waals surface area contributed by atoms with Crippen molar-refractivity contribution in [2.24, 2.45) is 0 Å². The highest BCUT2D eigenvalue weighted by atomic mass is 16.5. The maximum Gasteiger partial charge on any atom is 0.226 e. The molecule has 3 aromatic rings. The number of aromatic nitrogens is 3. The zero-order chi connectivity index (χ0) is 24.7. The zero-order valence-electron chi connectivity index (χ0n) is 21.1. The molecule has 8 heteroatoms. The number of piperidine rings is 1. The van der Waals surface area contributed by atoms with Crippen molar-refractivity contribution in [1.82, 2.24) is 20.5 Å². The summed E-state index contributed by atoms with van der Waals surface area (Å²) in [6.45, 7) is 13.1. The van der Waals surface area contributed by atoms with Crippen LogP contribution >= 0.6 is 0 Å². The largest absolute Gasteiger partial charge is 0.507 e. The quantitative estimate of drug-likeness (QED) is 0.527. The van der Waals surface area contributed by atoms with Gasteiger partial charge in [0.15, 0.2) is 5.82 Å². The second-order valence-electron chi connectivity index (χ2n) is 10.4. The van der Waals surface area contributed by atoms with Crippen LogP contribution in [0.1, 0.15) is 53.2 Å². The van der Waals surface area contributed by atoms with Crippen LogP contribution in [0.3, 0.4) is 0 Å². The number of rotatable bonds is 6. The van der Waals surface area contributed by atoms with Gasteiger partial charge in [-0.05, 0) is 78.6 Å². The Morgan fingerprint density at radius 2 is 1.85 bits per heavy atom. The number of nitrogens with one attached hydrogen (secondary N) is 1.